The molecule has 0 saturated carbocycles. The molecule has 2 aromatic carbocycles. The van der Waals surface area contributed by atoms with E-state index in [1.807, 2.05) is 6.07 Å². The second-order valence-corrected chi connectivity index (χ2v) is 6.40. The van der Waals surface area contributed by atoms with Gasteiger partial charge in [0.05, 0.1) is 0 Å². The zero-order valence-corrected chi connectivity index (χ0v) is 12.4. The summed E-state index contributed by atoms with van der Waals surface area (Å²) in [6.07, 6.45) is 4.94. The Morgan fingerprint density at radius 3 is 2.81 bits per heavy atom. The van der Waals surface area contributed by atoms with Gasteiger partial charge in [-0.1, -0.05) is 30.3 Å². The van der Waals surface area contributed by atoms with E-state index in [0.717, 1.165) is 31.7 Å². The van der Waals surface area contributed by atoms with Gasteiger partial charge in [-0.25, -0.2) is 0 Å². The Hall–Kier alpha value is -1.80. The maximum absolute atomic E-state index is 6.08. The predicted molar refractivity (Wildman–Crippen MR) is 87.1 cm³/mol. The molecule has 1 aliphatic heterocycles. The first-order valence-electron chi connectivity index (χ1n) is 7.99. The molecule has 0 spiro atoms. The molecule has 0 saturated heterocycles. The normalized spacial score (nSPS) is 17.5. The largest absolute Gasteiger partial charge is 0.398 e. The highest BCUT2D eigenvalue weighted by atomic mass is 15.1. The first kappa shape index (κ1) is 12.9. The van der Waals surface area contributed by atoms with E-state index in [1.54, 1.807) is 11.1 Å². The van der Waals surface area contributed by atoms with Crippen LogP contribution in [0, 0.1) is 0 Å². The van der Waals surface area contributed by atoms with Gasteiger partial charge in [0.1, 0.15) is 0 Å². The number of hydrogen-bond donors (Lipinski definition) is 1. The van der Waals surface area contributed by atoms with Crippen LogP contribution >= 0.6 is 0 Å². The Morgan fingerprint density at radius 2 is 1.86 bits per heavy atom. The molecule has 0 radical (unpaired) electrons. The van der Waals surface area contributed by atoms with E-state index in [0.29, 0.717) is 0 Å². The first-order chi connectivity index (χ1) is 10.3. The molecule has 2 aromatic rings. The summed E-state index contributed by atoms with van der Waals surface area (Å²) in [5, 5.41) is 0. The second kappa shape index (κ2) is 5.19. The average molecular weight is 278 g/mol. The van der Waals surface area contributed by atoms with Gasteiger partial charge in [-0.05, 0) is 59.6 Å². The summed E-state index contributed by atoms with van der Waals surface area (Å²) in [6, 6.07) is 13.4. The van der Waals surface area contributed by atoms with E-state index in [4.69, 9.17) is 5.73 Å². The van der Waals surface area contributed by atoms with Crippen molar-refractivity contribution in [1.82, 2.24) is 4.90 Å². The summed E-state index contributed by atoms with van der Waals surface area (Å²) >= 11 is 0. The lowest BCUT2D eigenvalue weighted by Gasteiger charge is -2.29. The highest BCUT2D eigenvalue weighted by molar-refractivity contribution is 5.51. The fourth-order valence-corrected chi connectivity index (χ4v) is 3.81. The smallest absolute Gasteiger partial charge is 0.0350 e. The van der Waals surface area contributed by atoms with Crippen molar-refractivity contribution in [2.45, 2.75) is 38.8 Å². The molecular weight excluding hydrogens is 256 g/mol. The number of nitrogen functional groups attached to an aromatic ring is 1. The van der Waals surface area contributed by atoms with E-state index >= 15 is 0 Å². The lowest BCUT2D eigenvalue weighted by molar-refractivity contribution is 0.246. The van der Waals surface area contributed by atoms with Crippen LogP contribution in [0.5, 0.6) is 0 Å². The summed E-state index contributed by atoms with van der Waals surface area (Å²) in [7, 11) is 0. The number of rotatable bonds is 2. The third-order valence-electron chi connectivity index (χ3n) is 4.95. The van der Waals surface area contributed by atoms with Crippen molar-refractivity contribution in [3.05, 3.63) is 64.2 Å². The Kier molecular flexibility index (Phi) is 3.19. The monoisotopic (exact) mass is 278 g/mol. The van der Waals surface area contributed by atoms with Crippen LogP contribution in [-0.2, 0) is 32.4 Å². The Balaban J connectivity index is 1.51. The third-order valence-corrected chi connectivity index (χ3v) is 4.95. The van der Waals surface area contributed by atoms with Crippen LogP contribution in [0.2, 0.25) is 0 Å². The van der Waals surface area contributed by atoms with Gasteiger partial charge in [0.15, 0.2) is 0 Å². The maximum atomic E-state index is 6.08. The molecule has 2 heteroatoms. The lowest BCUT2D eigenvalue weighted by atomic mass is 9.97. The van der Waals surface area contributed by atoms with Crippen LogP contribution in [0.15, 0.2) is 36.4 Å². The molecule has 21 heavy (non-hydrogen) atoms. The van der Waals surface area contributed by atoms with E-state index in [9.17, 15) is 0 Å². The van der Waals surface area contributed by atoms with Gasteiger partial charge >= 0.3 is 0 Å². The molecule has 0 fully saturated rings. The molecule has 0 atom stereocenters. The van der Waals surface area contributed by atoms with E-state index < -0.39 is 0 Å². The van der Waals surface area contributed by atoms with Crippen molar-refractivity contribution in [3.63, 3.8) is 0 Å². The Bertz CT molecular complexity index is 675. The van der Waals surface area contributed by atoms with Gasteiger partial charge in [0.2, 0.25) is 0 Å². The highest BCUT2D eigenvalue weighted by Crippen LogP contribution is 2.27. The Labute approximate surface area is 126 Å². The predicted octanol–water partition coefficient (Wildman–Crippen LogP) is 3.32. The molecule has 108 valence electrons. The van der Waals surface area contributed by atoms with Gasteiger partial charge in [0, 0.05) is 25.3 Å². The van der Waals surface area contributed by atoms with Gasteiger partial charge in [0.25, 0.3) is 0 Å². The number of benzene rings is 2. The fourth-order valence-electron chi connectivity index (χ4n) is 3.81. The molecule has 2 N–H and O–H groups in total. The molecule has 0 bridgehead atoms. The first-order valence-corrected chi connectivity index (χ1v) is 7.99. The third kappa shape index (κ3) is 2.44. The minimum absolute atomic E-state index is 0.963. The SMILES string of the molecule is Nc1cccc2c1CCN(Cc1ccc3c(c1)CCC3)C2. The maximum Gasteiger partial charge on any atom is 0.0350 e. The van der Waals surface area contributed by atoms with E-state index in [-0.39, 0.29) is 0 Å². The van der Waals surface area contributed by atoms with Crippen LogP contribution in [0.1, 0.15) is 34.2 Å². The van der Waals surface area contributed by atoms with E-state index in [1.165, 1.54) is 36.0 Å². The van der Waals surface area contributed by atoms with Gasteiger partial charge in [-0.3, -0.25) is 4.90 Å². The molecule has 0 amide bonds. The minimum Gasteiger partial charge on any atom is -0.398 e. The summed E-state index contributed by atoms with van der Waals surface area (Å²) in [6.45, 7) is 3.19. The number of aryl methyl sites for hydroxylation is 2. The van der Waals surface area contributed by atoms with Crippen LogP contribution < -0.4 is 5.73 Å². The van der Waals surface area contributed by atoms with Gasteiger partial charge in [-0.15, -0.1) is 0 Å². The quantitative estimate of drug-likeness (QED) is 0.854. The topological polar surface area (TPSA) is 29.3 Å². The number of fused-ring (bicyclic) bond motifs is 2. The molecule has 4 rings (SSSR count). The van der Waals surface area contributed by atoms with Crippen molar-refractivity contribution in [2.75, 3.05) is 12.3 Å². The molecule has 1 aliphatic carbocycles. The van der Waals surface area contributed by atoms with Gasteiger partial charge in [-0.2, -0.15) is 0 Å². The molecule has 2 nitrogen and oxygen atoms in total. The van der Waals surface area contributed by atoms with Crippen molar-refractivity contribution >= 4 is 5.69 Å². The highest BCUT2D eigenvalue weighted by Gasteiger charge is 2.18. The minimum atomic E-state index is 0.963. The number of nitrogens with zero attached hydrogens (tertiary/aromatic N) is 1. The van der Waals surface area contributed by atoms with Crippen molar-refractivity contribution in [3.8, 4) is 0 Å². The average Bonchev–Trinajstić information content (AvgIpc) is 2.95. The zero-order valence-electron chi connectivity index (χ0n) is 12.4. The molecule has 1 heterocycles. The molecule has 0 aromatic heterocycles. The van der Waals surface area contributed by atoms with Gasteiger partial charge < -0.3 is 5.73 Å². The summed E-state index contributed by atoms with van der Waals surface area (Å²) < 4.78 is 0. The zero-order chi connectivity index (χ0) is 14.2. The second-order valence-electron chi connectivity index (χ2n) is 6.40. The van der Waals surface area contributed by atoms with Crippen LogP contribution in [0.3, 0.4) is 0 Å². The molecule has 2 aliphatic rings. The van der Waals surface area contributed by atoms with Crippen molar-refractivity contribution in [1.29, 1.82) is 0 Å². The Morgan fingerprint density at radius 1 is 0.952 bits per heavy atom. The number of anilines is 1. The standard InChI is InChI=1S/C19H22N2/c20-19-6-2-5-17-13-21(10-9-18(17)19)12-14-7-8-15-3-1-4-16(15)11-14/h2,5-8,11H,1,3-4,9-10,12-13,20H2. The summed E-state index contributed by atoms with van der Waals surface area (Å²) in [5.41, 5.74) is 14.4. The van der Waals surface area contributed by atoms with Crippen molar-refractivity contribution in [2.24, 2.45) is 0 Å². The van der Waals surface area contributed by atoms with Crippen LogP contribution in [-0.4, -0.2) is 11.4 Å². The number of nitrogens with two attached hydrogens (primary N) is 1. The van der Waals surface area contributed by atoms with E-state index in [2.05, 4.69) is 35.2 Å². The van der Waals surface area contributed by atoms with Crippen molar-refractivity contribution < 1.29 is 0 Å². The molecular formula is C19H22N2. The summed E-state index contributed by atoms with van der Waals surface area (Å²) in [5.74, 6) is 0. The summed E-state index contributed by atoms with van der Waals surface area (Å²) in [4.78, 5) is 2.54. The van der Waals surface area contributed by atoms with Crippen LogP contribution in [0.25, 0.3) is 0 Å². The van der Waals surface area contributed by atoms with Crippen LogP contribution in [0.4, 0.5) is 5.69 Å². The number of hydrogen-bond acceptors (Lipinski definition) is 2. The fraction of sp³-hybridized carbons (Fsp3) is 0.368. The molecule has 0 unspecified atom stereocenters. The lowest BCUT2D eigenvalue weighted by Crippen LogP contribution is -2.30.